The van der Waals surface area contributed by atoms with Crippen molar-refractivity contribution in [3.63, 3.8) is 0 Å². The molecule has 23 heavy (non-hydrogen) atoms. The molecule has 3 rings (SSSR count). The number of hydrogen-bond acceptors (Lipinski definition) is 6. The van der Waals surface area contributed by atoms with Crippen LogP contribution in [0.15, 0.2) is 29.6 Å². The molecule has 3 N–H and O–H groups in total. The number of nitrogens with one attached hydrogen (secondary N) is 1. The van der Waals surface area contributed by atoms with Crippen LogP contribution in [0.25, 0.3) is 0 Å². The van der Waals surface area contributed by atoms with Crippen molar-refractivity contribution in [3.05, 3.63) is 45.4 Å². The zero-order valence-electron chi connectivity index (χ0n) is 12.0. The fourth-order valence-corrected chi connectivity index (χ4v) is 3.29. The molecular weight excluding hydrogens is 340 g/mol. The van der Waals surface area contributed by atoms with Crippen LogP contribution in [-0.2, 0) is 4.74 Å². The smallest absolute Gasteiger partial charge is 0.275 e. The summed E-state index contributed by atoms with van der Waals surface area (Å²) < 4.78 is 5.53. The number of carbonyl (C=O) groups is 1. The molecule has 6 nitrogen and oxygen atoms in total. The lowest BCUT2D eigenvalue weighted by atomic mass is 10.1. The number of hydrogen-bond donors (Lipinski definition) is 3. The second-order valence-electron chi connectivity index (χ2n) is 5.18. The average Bonchev–Trinajstić information content (AvgIpc) is 3.16. The van der Waals surface area contributed by atoms with E-state index in [-0.39, 0.29) is 18.2 Å². The molecule has 1 fully saturated rings. The quantitative estimate of drug-likeness (QED) is 0.783. The van der Waals surface area contributed by atoms with E-state index >= 15 is 0 Å². The van der Waals surface area contributed by atoms with Crippen LogP contribution in [0, 0.1) is 0 Å². The molecule has 0 unspecified atom stereocenters. The predicted octanol–water partition coefficient (Wildman–Crippen LogP) is 2.23. The van der Waals surface area contributed by atoms with Crippen molar-refractivity contribution in [2.75, 3.05) is 11.9 Å². The van der Waals surface area contributed by atoms with Crippen molar-refractivity contribution < 1.29 is 19.7 Å². The Bertz CT molecular complexity index is 691. The van der Waals surface area contributed by atoms with E-state index in [1.165, 1.54) is 11.3 Å². The van der Waals surface area contributed by atoms with Crippen LogP contribution in [0.1, 0.15) is 28.0 Å². The first kappa shape index (κ1) is 16.4. The van der Waals surface area contributed by atoms with E-state index in [2.05, 4.69) is 10.3 Å². The van der Waals surface area contributed by atoms with Crippen molar-refractivity contribution in [2.24, 2.45) is 0 Å². The largest absolute Gasteiger partial charge is 0.394 e. The van der Waals surface area contributed by atoms with Crippen molar-refractivity contribution in [2.45, 2.75) is 24.7 Å². The van der Waals surface area contributed by atoms with E-state index in [4.69, 9.17) is 21.4 Å². The van der Waals surface area contributed by atoms with E-state index in [0.717, 1.165) is 0 Å². The summed E-state index contributed by atoms with van der Waals surface area (Å²) in [5.41, 5.74) is 0.910. The number of thiazole rings is 1. The number of aliphatic hydroxyl groups is 2. The molecule has 0 bridgehead atoms. The average molecular weight is 355 g/mol. The van der Waals surface area contributed by atoms with Gasteiger partial charge in [0.25, 0.3) is 5.91 Å². The first-order chi connectivity index (χ1) is 11.1. The zero-order chi connectivity index (χ0) is 16.4. The number of aliphatic hydroxyl groups excluding tert-OH is 2. The molecule has 2 aromatic rings. The Labute approximate surface area is 141 Å². The third-order valence-electron chi connectivity index (χ3n) is 3.54. The number of ether oxygens (including phenoxy) is 1. The monoisotopic (exact) mass is 354 g/mol. The number of carbonyl (C=O) groups excluding carboxylic acids is 1. The topological polar surface area (TPSA) is 91.7 Å². The van der Waals surface area contributed by atoms with E-state index in [9.17, 15) is 9.90 Å². The molecule has 1 aliphatic rings. The van der Waals surface area contributed by atoms with Crippen LogP contribution >= 0.6 is 22.9 Å². The van der Waals surface area contributed by atoms with Gasteiger partial charge in [0, 0.05) is 22.5 Å². The normalized spacial score (nSPS) is 23.9. The van der Waals surface area contributed by atoms with E-state index < -0.39 is 18.3 Å². The van der Waals surface area contributed by atoms with Gasteiger partial charge in [-0.05, 0) is 24.3 Å². The van der Waals surface area contributed by atoms with Gasteiger partial charge in [-0.1, -0.05) is 11.6 Å². The molecule has 0 radical (unpaired) electrons. The Morgan fingerprint density at radius 3 is 2.83 bits per heavy atom. The minimum Gasteiger partial charge on any atom is -0.394 e. The summed E-state index contributed by atoms with van der Waals surface area (Å²) in [4.78, 5) is 16.5. The zero-order valence-corrected chi connectivity index (χ0v) is 13.5. The van der Waals surface area contributed by atoms with Crippen molar-refractivity contribution in [1.29, 1.82) is 0 Å². The van der Waals surface area contributed by atoms with E-state index in [1.807, 2.05) is 0 Å². The summed E-state index contributed by atoms with van der Waals surface area (Å²) in [6.07, 6.45) is -1.36. The lowest BCUT2D eigenvalue weighted by Gasteiger charge is -2.09. The fourth-order valence-electron chi connectivity index (χ4n) is 2.32. The van der Waals surface area contributed by atoms with Gasteiger partial charge in [0.15, 0.2) is 0 Å². The molecule has 1 saturated heterocycles. The summed E-state index contributed by atoms with van der Waals surface area (Å²) in [5, 5.41) is 24.4. The Balaban J connectivity index is 1.67. The van der Waals surface area contributed by atoms with E-state index in [0.29, 0.717) is 22.1 Å². The van der Waals surface area contributed by atoms with Gasteiger partial charge in [0.1, 0.15) is 22.9 Å². The first-order valence-electron chi connectivity index (χ1n) is 7.03. The third kappa shape index (κ3) is 3.70. The SMILES string of the molecule is O=C(Nc1ccc(Cl)cc1)c1csc([C@H]2C[C@H](O)[C@@H](CO)O2)n1. The summed E-state index contributed by atoms with van der Waals surface area (Å²) in [6, 6.07) is 6.78. The second-order valence-corrected chi connectivity index (χ2v) is 6.51. The maximum absolute atomic E-state index is 12.2. The van der Waals surface area contributed by atoms with Gasteiger partial charge in [-0.25, -0.2) is 4.98 Å². The Morgan fingerprint density at radius 1 is 1.43 bits per heavy atom. The number of aromatic nitrogens is 1. The van der Waals surface area contributed by atoms with Gasteiger partial charge >= 0.3 is 0 Å². The maximum atomic E-state index is 12.2. The highest BCUT2D eigenvalue weighted by Gasteiger charge is 2.36. The molecule has 0 aliphatic carbocycles. The van der Waals surface area contributed by atoms with Gasteiger partial charge in [0.05, 0.1) is 12.7 Å². The lowest BCUT2D eigenvalue weighted by Crippen LogP contribution is -2.24. The van der Waals surface area contributed by atoms with Crippen molar-refractivity contribution >= 4 is 34.5 Å². The third-order valence-corrected chi connectivity index (χ3v) is 4.72. The van der Waals surface area contributed by atoms with Crippen LogP contribution in [0.2, 0.25) is 5.02 Å². The first-order valence-corrected chi connectivity index (χ1v) is 8.29. The molecule has 3 atom stereocenters. The Morgan fingerprint density at radius 2 is 2.17 bits per heavy atom. The van der Waals surface area contributed by atoms with E-state index in [1.54, 1.807) is 29.6 Å². The van der Waals surface area contributed by atoms with Gasteiger partial charge in [-0.2, -0.15) is 0 Å². The Hall–Kier alpha value is -1.51. The lowest BCUT2D eigenvalue weighted by molar-refractivity contribution is -0.0226. The summed E-state index contributed by atoms with van der Waals surface area (Å²) >= 11 is 7.09. The highest BCUT2D eigenvalue weighted by Crippen LogP contribution is 2.34. The summed E-state index contributed by atoms with van der Waals surface area (Å²) in [6.45, 7) is -0.243. The number of nitrogens with zero attached hydrogens (tertiary/aromatic N) is 1. The molecule has 1 aliphatic heterocycles. The molecular formula is C15H15ClN2O4S. The van der Waals surface area contributed by atoms with Crippen LogP contribution in [0.5, 0.6) is 0 Å². The van der Waals surface area contributed by atoms with Crippen LogP contribution in [0.3, 0.4) is 0 Å². The number of amides is 1. The molecule has 1 amide bonds. The maximum Gasteiger partial charge on any atom is 0.275 e. The summed E-state index contributed by atoms with van der Waals surface area (Å²) in [5.74, 6) is -0.327. The number of benzene rings is 1. The van der Waals surface area contributed by atoms with Crippen LogP contribution in [0.4, 0.5) is 5.69 Å². The summed E-state index contributed by atoms with van der Waals surface area (Å²) in [7, 11) is 0. The predicted molar refractivity (Wildman–Crippen MR) is 86.8 cm³/mol. The molecule has 8 heteroatoms. The Kier molecular flexibility index (Phi) is 4.93. The molecule has 0 spiro atoms. The second kappa shape index (κ2) is 6.94. The minimum absolute atomic E-state index is 0.243. The van der Waals surface area contributed by atoms with Gasteiger partial charge in [-0.3, -0.25) is 4.79 Å². The van der Waals surface area contributed by atoms with Crippen LogP contribution in [-0.4, -0.2) is 39.9 Å². The van der Waals surface area contributed by atoms with Gasteiger partial charge < -0.3 is 20.3 Å². The standard InChI is InChI=1S/C15H15ClN2O4S/c16-8-1-3-9(4-2-8)17-14(21)10-7-23-15(18-10)12-5-11(20)13(6-19)22-12/h1-4,7,11-13,19-20H,5-6H2,(H,17,21)/t11-,12+,13+/m0/s1. The molecule has 0 saturated carbocycles. The van der Waals surface area contributed by atoms with Gasteiger partial charge in [0.2, 0.25) is 0 Å². The molecule has 2 heterocycles. The highest BCUT2D eigenvalue weighted by molar-refractivity contribution is 7.09. The van der Waals surface area contributed by atoms with Crippen molar-refractivity contribution in [3.8, 4) is 0 Å². The number of halogens is 1. The fraction of sp³-hybridized carbons (Fsp3) is 0.333. The number of rotatable bonds is 4. The number of anilines is 1. The minimum atomic E-state index is -0.722. The van der Waals surface area contributed by atoms with Gasteiger partial charge in [-0.15, -0.1) is 11.3 Å². The molecule has 1 aromatic heterocycles. The highest BCUT2D eigenvalue weighted by atomic mass is 35.5. The van der Waals surface area contributed by atoms with Crippen molar-refractivity contribution in [1.82, 2.24) is 4.98 Å². The molecule has 1 aromatic carbocycles. The van der Waals surface area contributed by atoms with Crippen LogP contribution < -0.4 is 5.32 Å². The molecule has 122 valence electrons.